The largest absolute Gasteiger partial charge is 0.496 e. The minimum absolute atomic E-state index is 0.568. The first-order valence-corrected chi connectivity index (χ1v) is 8.84. The van der Waals surface area contributed by atoms with Crippen LogP contribution in [-0.4, -0.2) is 17.3 Å². The van der Waals surface area contributed by atoms with Crippen molar-refractivity contribution >= 4 is 27.7 Å². The molecule has 6 heteroatoms. The smallest absolute Gasteiger partial charge is 0.276 e. The monoisotopic (exact) mass is 390 g/mol. The molecule has 0 aliphatic rings. The molecule has 0 bridgehead atoms. The summed E-state index contributed by atoms with van der Waals surface area (Å²) < 4.78 is 12.1. The molecular weight excluding hydrogens is 376 g/mol. The quantitative estimate of drug-likeness (QED) is 0.569. The number of thioether (sulfide) groups is 1. The lowest BCUT2D eigenvalue weighted by atomic mass is 10.2. The van der Waals surface area contributed by atoms with E-state index in [1.54, 1.807) is 7.11 Å². The number of methoxy groups -OCH3 is 1. The fourth-order valence-corrected chi connectivity index (χ4v) is 3.30. The molecule has 0 N–H and O–H groups in total. The first kappa shape index (κ1) is 16.1. The van der Waals surface area contributed by atoms with Gasteiger partial charge in [-0.3, -0.25) is 0 Å². The highest BCUT2D eigenvalue weighted by Gasteiger charge is 2.10. The fourth-order valence-electron chi connectivity index (χ4n) is 2.14. The number of halogens is 1. The maximum Gasteiger partial charge on any atom is 0.276 e. The van der Waals surface area contributed by atoms with Gasteiger partial charge in [0.1, 0.15) is 5.75 Å². The average molecular weight is 391 g/mol. The van der Waals surface area contributed by atoms with Crippen molar-refractivity contribution in [2.45, 2.75) is 17.4 Å². The van der Waals surface area contributed by atoms with E-state index in [1.807, 2.05) is 48.5 Å². The Hall–Kier alpha value is -1.79. The highest BCUT2D eigenvalue weighted by Crippen LogP contribution is 2.29. The number of hydrogen-bond donors (Lipinski definition) is 0. The molecule has 0 aliphatic carbocycles. The maximum absolute atomic E-state index is 5.70. The highest BCUT2D eigenvalue weighted by molar-refractivity contribution is 9.10. The molecule has 0 amide bonds. The molecule has 1 heterocycles. The summed E-state index contributed by atoms with van der Waals surface area (Å²) in [6, 6.07) is 16.0. The number of nitrogens with zero attached hydrogens (tertiary/aromatic N) is 2. The van der Waals surface area contributed by atoms with Crippen LogP contribution < -0.4 is 4.74 Å². The van der Waals surface area contributed by atoms with E-state index in [0.717, 1.165) is 21.3 Å². The van der Waals surface area contributed by atoms with Gasteiger partial charge in [0, 0.05) is 15.8 Å². The summed E-state index contributed by atoms with van der Waals surface area (Å²) in [5.74, 6) is 2.18. The minimum Gasteiger partial charge on any atom is -0.496 e. The molecule has 0 saturated carbocycles. The molecule has 0 saturated heterocycles. The van der Waals surface area contributed by atoms with E-state index < -0.39 is 0 Å². The summed E-state index contributed by atoms with van der Waals surface area (Å²) in [5.41, 5.74) is 2.23. The Balaban J connectivity index is 1.64. The molecule has 0 fully saturated rings. The number of rotatable bonds is 6. The van der Waals surface area contributed by atoms with Gasteiger partial charge in [0.25, 0.3) is 5.22 Å². The van der Waals surface area contributed by atoms with Gasteiger partial charge >= 0.3 is 0 Å². The first-order chi connectivity index (χ1) is 11.2. The van der Waals surface area contributed by atoms with Gasteiger partial charge in [0.2, 0.25) is 5.89 Å². The highest BCUT2D eigenvalue weighted by atomic mass is 79.9. The third-order valence-electron chi connectivity index (χ3n) is 3.24. The molecule has 2 aromatic carbocycles. The van der Waals surface area contributed by atoms with Gasteiger partial charge in [-0.2, -0.15) is 0 Å². The second kappa shape index (κ2) is 7.66. The Kier molecular flexibility index (Phi) is 5.35. The second-order valence-corrected chi connectivity index (χ2v) is 6.71. The Bertz CT molecular complexity index is 777. The van der Waals surface area contributed by atoms with E-state index in [9.17, 15) is 0 Å². The third-order valence-corrected chi connectivity index (χ3v) is 4.60. The van der Waals surface area contributed by atoms with Crippen LogP contribution in [-0.2, 0) is 12.2 Å². The maximum atomic E-state index is 5.70. The molecule has 3 aromatic rings. The van der Waals surface area contributed by atoms with Gasteiger partial charge in [0.15, 0.2) is 0 Å². The zero-order valence-corrected chi connectivity index (χ0v) is 14.9. The van der Waals surface area contributed by atoms with Gasteiger partial charge in [0.05, 0.1) is 13.5 Å². The molecule has 23 heavy (non-hydrogen) atoms. The average Bonchev–Trinajstić information content (AvgIpc) is 3.01. The van der Waals surface area contributed by atoms with Crippen LogP contribution in [0.15, 0.2) is 62.6 Å². The van der Waals surface area contributed by atoms with Crippen molar-refractivity contribution in [1.82, 2.24) is 10.2 Å². The Morgan fingerprint density at radius 3 is 2.74 bits per heavy atom. The molecule has 0 atom stereocenters. The fraction of sp³-hybridized carbons (Fsp3) is 0.176. The summed E-state index contributed by atoms with van der Waals surface area (Å²) in [5, 5.41) is 8.77. The molecule has 3 rings (SSSR count). The number of benzene rings is 2. The topological polar surface area (TPSA) is 48.2 Å². The van der Waals surface area contributed by atoms with Crippen molar-refractivity contribution in [2.75, 3.05) is 7.11 Å². The Morgan fingerprint density at radius 1 is 1.13 bits per heavy atom. The number of hydrogen-bond acceptors (Lipinski definition) is 5. The van der Waals surface area contributed by atoms with Crippen LogP contribution in [0.3, 0.4) is 0 Å². The van der Waals surface area contributed by atoms with Gasteiger partial charge in [-0.05, 0) is 23.8 Å². The van der Waals surface area contributed by atoms with Crippen molar-refractivity contribution in [3.63, 3.8) is 0 Å². The van der Waals surface area contributed by atoms with Gasteiger partial charge < -0.3 is 9.15 Å². The van der Waals surface area contributed by atoms with Gasteiger partial charge in [-0.1, -0.05) is 58.0 Å². The minimum atomic E-state index is 0.568. The van der Waals surface area contributed by atoms with Crippen LogP contribution in [0.2, 0.25) is 0 Å². The van der Waals surface area contributed by atoms with E-state index in [-0.39, 0.29) is 0 Å². The summed E-state index contributed by atoms with van der Waals surface area (Å²) in [6.45, 7) is 0. The summed E-state index contributed by atoms with van der Waals surface area (Å²) in [7, 11) is 1.67. The molecule has 0 spiro atoms. The third kappa shape index (κ3) is 4.36. The van der Waals surface area contributed by atoms with E-state index in [1.165, 1.54) is 11.8 Å². The standard InChI is InChI=1S/C17H15BrN2O2S/c1-21-15-8-7-14(18)10-13(15)11-23-17-20-19-16(22-17)9-12-5-3-2-4-6-12/h2-8,10H,9,11H2,1H3. The molecule has 4 nitrogen and oxygen atoms in total. The predicted molar refractivity (Wildman–Crippen MR) is 93.8 cm³/mol. The normalized spacial score (nSPS) is 10.7. The van der Waals surface area contributed by atoms with Crippen molar-refractivity contribution in [1.29, 1.82) is 0 Å². The lowest BCUT2D eigenvalue weighted by molar-refractivity contribution is 0.410. The molecule has 0 radical (unpaired) electrons. The van der Waals surface area contributed by atoms with E-state index >= 15 is 0 Å². The molecular formula is C17H15BrN2O2S. The summed E-state index contributed by atoms with van der Waals surface area (Å²) in [6.07, 6.45) is 0.647. The number of aromatic nitrogens is 2. The number of ether oxygens (including phenoxy) is 1. The second-order valence-electron chi connectivity index (χ2n) is 4.87. The summed E-state index contributed by atoms with van der Waals surface area (Å²) >= 11 is 4.98. The lowest BCUT2D eigenvalue weighted by Gasteiger charge is -2.07. The van der Waals surface area contributed by atoms with Crippen molar-refractivity contribution < 1.29 is 9.15 Å². The van der Waals surface area contributed by atoms with Crippen LogP contribution in [0.4, 0.5) is 0 Å². The zero-order valence-electron chi connectivity index (χ0n) is 12.5. The molecule has 0 unspecified atom stereocenters. The Labute approximate surface area is 147 Å². The van der Waals surface area contributed by atoms with Crippen LogP contribution in [0.5, 0.6) is 5.75 Å². The Morgan fingerprint density at radius 2 is 1.96 bits per heavy atom. The van der Waals surface area contributed by atoms with Crippen LogP contribution in [0.25, 0.3) is 0 Å². The summed E-state index contributed by atoms with van der Waals surface area (Å²) in [4.78, 5) is 0. The molecule has 0 aliphatic heterocycles. The van der Waals surface area contributed by atoms with Crippen LogP contribution >= 0.6 is 27.7 Å². The molecule has 118 valence electrons. The van der Waals surface area contributed by atoms with Gasteiger partial charge in [-0.15, -0.1) is 10.2 Å². The van der Waals surface area contributed by atoms with Crippen LogP contribution in [0.1, 0.15) is 17.0 Å². The van der Waals surface area contributed by atoms with E-state index in [2.05, 4.69) is 26.1 Å². The van der Waals surface area contributed by atoms with Crippen molar-refractivity contribution in [3.05, 3.63) is 70.0 Å². The van der Waals surface area contributed by atoms with Crippen LogP contribution in [0, 0.1) is 0 Å². The molecule has 1 aromatic heterocycles. The van der Waals surface area contributed by atoms with E-state index in [0.29, 0.717) is 23.3 Å². The van der Waals surface area contributed by atoms with E-state index in [4.69, 9.17) is 9.15 Å². The van der Waals surface area contributed by atoms with Crippen molar-refractivity contribution in [2.24, 2.45) is 0 Å². The van der Waals surface area contributed by atoms with Crippen molar-refractivity contribution in [3.8, 4) is 5.75 Å². The first-order valence-electron chi connectivity index (χ1n) is 7.06. The zero-order chi connectivity index (χ0) is 16.1. The SMILES string of the molecule is COc1ccc(Br)cc1CSc1nnc(Cc2ccccc2)o1. The van der Waals surface area contributed by atoms with Gasteiger partial charge in [-0.25, -0.2) is 0 Å². The lowest BCUT2D eigenvalue weighted by Crippen LogP contribution is -1.90. The predicted octanol–water partition coefficient (Wildman–Crippen LogP) is 4.72.